The Bertz CT molecular complexity index is 811. The third kappa shape index (κ3) is 4.44. The molecule has 0 aliphatic heterocycles. The van der Waals surface area contributed by atoms with Crippen molar-refractivity contribution >= 4 is 23.3 Å². The summed E-state index contributed by atoms with van der Waals surface area (Å²) in [7, 11) is 0. The number of Topliss-reactive ketones (excluding diaryl/α,β-unsaturated/α-hetero) is 1. The van der Waals surface area contributed by atoms with Crippen LogP contribution in [0.25, 0.3) is 0 Å². The molecule has 0 heterocycles. The summed E-state index contributed by atoms with van der Waals surface area (Å²) in [5, 5.41) is 12.5. The summed E-state index contributed by atoms with van der Waals surface area (Å²) >= 11 is 0. The van der Waals surface area contributed by atoms with E-state index in [2.05, 4.69) is 5.32 Å². The number of carbonyl (C=O) groups excluding carboxylic acids is 3. The van der Waals surface area contributed by atoms with Gasteiger partial charge >= 0.3 is 5.97 Å². The molecule has 0 radical (unpaired) electrons. The van der Waals surface area contributed by atoms with E-state index in [1.807, 2.05) is 0 Å². The largest absolute Gasteiger partial charge is 0.507 e. The molecule has 0 unspecified atom stereocenters. The van der Waals surface area contributed by atoms with Crippen LogP contribution in [-0.2, 0) is 9.53 Å². The molecule has 2 rings (SSSR count). The number of hydrogen-bond donors (Lipinski definition) is 2. The van der Waals surface area contributed by atoms with E-state index in [9.17, 15) is 19.5 Å². The highest BCUT2D eigenvalue weighted by molar-refractivity contribution is 5.99. The lowest BCUT2D eigenvalue weighted by Crippen LogP contribution is -2.30. The van der Waals surface area contributed by atoms with Crippen molar-refractivity contribution in [2.45, 2.75) is 26.9 Å². The van der Waals surface area contributed by atoms with Crippen molar-refractivity contribution in [2.75, 3.05) is 5.32 Å². The topological polar surface area (TPSA) is 92.7 Å². The van der Waals surface area contributed by atoms with Gasteiger partial charge in [-0.1, -0.05) is 12.1 Å². The number of phenolic OH excluding ortho intramolecular Hbond substituents is 1. The smallest absolute Gasteiger partial charge is 0.342 e. The molecule has 2 aromatic carbocycles. The Balaban J connectivity index is 2.01. The normalized spacial score (nSPS) is 11.5. The first-order valence-electron chi connectivity index (χ1n) is 7.71. The molecule has 25 heavy (non-hydrogen) atoms. The summed E-state index contributed by atoms with van der Waals surface area (Å²) in [6.45, 7) is 4.55. The quantitative estimate of drug-likeness (QED) is 0.644. The van der Waals surface area contributed by atoms with Crippen molar-refractivity contribution in [3.63, 3.8) is 0 Å². The summed E-state index contributed by atoms with van der Waals surface area (Å²) in [5.74, 6) is -1.54. The third-order valence-corrected chi connectivity index (χ3v) is 3.67. The Labute approximate surface area is 145 Å². The number of rotatable bonds is 5. The Hall–Kier alpha value is -3.15. The second kappa shape index (κ2) is 7.61. The number of benzene rings is 2. The van der Waals surface area contributed by atoms with Crippen LogP contribution in [0.2, 0.25) is 0 Å². The third-order valence-electron chi connectivity index (χ3n) is 3.67. The summed E-state index contributed by atoms with van der Waals surface area (Å²) in [6, 6.07) is 11.1. The minimum atomic E-state index is -1.06. The van der Waals surface area contributed by atoms with Crippen LogP contribution < -0.4 is 5.32 Å². The zero-order valence-electron chi connectivity index (χ0n) is 14.2. The van der Waals surface area contributed by atoms with Gasteiger partial charge in [0.05, 0.1) is 0 Å². The zero-order valence-corrected chi connectivity index (χ0v) is 14.2. The van der Waals surface area contributed by atoms with E-state index in [4.69, 9.17) is 4.74 Å². The van der Waals surface area contributed by atoms with Gasteiger partial charge < -0.3 is 15.2 Å². The molecule has 0 spiro atoms. The second-order valence-corrected chi connectivity index (χ2v) is 5.64. The molecule has 2 N–H and O–H groups in total. The maximum absolute atomic E-state index is 12.1. The van der Waals surface area contributed by atoms with Crippen molar-refractivity contribution in [3.8, 4) is 5.75 Å². The van der Waals surface area contributed by atoms with Crippen LogP contribution in [-0.4, -0.2) is 28.9 Å². The van der Waals surface area contributed by atoms with Gasteiger partial charge in [0.25, 0.3) is 5.91 Å². The molecular formula is C19H19NO5. The van der Waals surface area contributed by atoms with Gasteiger partial charge in [-0.2, -0.15) is 0 Å². The fraction of sp³-hybridized carbons (Fsp3) is 0.211. The minimum absolute atomic E-state index is 0.00506. The van der Waals surface area contributed by atoms with Crippen LogP contribution in [0.15, 0.2) is 42.5 Å². The number of para-hydroxylation sites is 1. The molecule has 6 heteroatoms. The lowest BCUT2D eigenvalue weighted by atomic mass is 10.1. The van der Waals surface area contributed by atoms with Crippen LogP contribution in [0.3, 0.4) is 0 Å². The molecule has 0 aliphatic rings. The highest BCUT2D eigenvalue weighted by atomic mass is 16.5. The van der Waals surface area contributed by atoms with Crippen molar-refractivity contribution in [3.05, 3.63) is 59.2 Å². The first-order chi connectivity index (χ1) is 11.8. The lowest BCUT2D eigenvalue weighted by molar-refractivity contribution is -0.123. The Morgan fingerprint density at radius 1 is 1.08 bits per heavy atom. The molecule has 1 atom stereocenters. The van der Waals surface area contributed by atoms with Crippen LogP contribution in [0.1, 0.15) is 40.1 Å². The molecule has 6 nitrogen and oxygen atoms in total. The van der Waals surface area contributed by atoms with E-state index in [0.717, 1.165) is 0 Å². The van der Waals surface area contributed by atoms with Gasteiger partial charge in [-0.3, -0.25) is 9.59 Å². The number of anilines is 1. The van der Waals surface area contributed by atoms with E-state index in [1.54, 1.807) is 43.3 Å². The van der Waals surface area contributed by atoms with E-state index < -0.39 is 18.0 Å². The summed E-state index contributed by atoms with van der Waals surface area (Å²) < 4.78 is 5.10. The Morgan fingerprint density at radius 2 is 1.72 bits per heavy atom. The number of hydrogen-bond acceptors (Lipinski definition) is 5. The molecule has 0 aliphatic carbocycles. The number of phenols is 1. The summed E-state index contributed by atoms with van der Waals surface area (Å²) in [4.78, 5) is 35.5. The SMILES string of the molecule is CC(=O)c1ccc(NC(=O)[C@H](C)OC(=O)c2cccc(C)c2O)cc1. The van der Waals surface area contributed by atoms with Crippen LogP contribution in [0.4, 0.5) is 5.69 Å². The van der Waals surface area contributed by atoms with Crippen LogP contribution >= 0.6 is 0 Å². The Morgan fingerprint density at radius 3 is 2.32 bits per heavy atom. The highest BCUT2D eigenvalue weighted by Gasteiger charge is 2.21. The van der Waals surface area contributed by atoms with Crippen LogP contribution in [0, 0.1) is 6.92 Å². The number of aromatic hydroxyl groups is 1. The van der Waals surface area contributed by atoms with E-state index in [-0.39, 0.29) is 17.1 Å². The summed E-state index contributed by atoms with van der Waals surface area (Å²) in [6.07, 6.45) is -1.06. The molecular weight excluding hydrogens is 322 g/mol. The minimum Gasteiger partial charge on any atom is -0.507 e. The number of ether oxygens (including phenoxy) is 1. The average molecular weight is 341 g/mol. The average Bonchev–Trinajstić information content (AvgIpc) is 2.57. The monoisotopic (exact) mass is 341 g/mol. The van der Waals surface area contributed by atoms with Gasteiger partial charge in [-0.25, -0.2) is 4.79 Å². The van der Waals surface area contributed by atoms with Crippen molar-refractivity contribution in [1.82, 2.24) is 0 Å². The number of esters is 1. The first kappa shape index (κ1) is 18.2. The molecule has 130 valence electrons. The van der Waals surface area contributed by atoms with Crippen LogP contribution in [0.5, 0.6) is 5.75 Å². The fourth-order valence-corrected chi connectivity index (χ4v) is 2.13. The van der Waals surface area contributed by atoms with Gasteiger partial charge in [-0.05, 0) is 56.7 Å². The van der Waals surface area contributed by atoms with Crippen molar-refractivity contribution < 1.29 is 24.2 Å². The molecule has 0 fully saturated rings. The predicted octanol–water partition coefficient (Wildman–Crippen LogP) is 3.09. The lowest BCUT2D eigenvalue weighted by Gasteiger charge is -2.14. The maximum atomic E-state index is 12.1. The van der Waals surface area contributed by atoms with Gasteiger partial charge in [0.1, 0.15) is 11.3 Å². The number of aryl methyl sites for hydroxylation is 1. The molecule has 1 amide bonds. The number of amides is 1. The molecule has 0 saturated carbocycles. The zero-order chi connectivity index (χ0) is 18.6. The van der Waals surface area contributed by atoms with E-state index >= 15 is 0 Å². The summed E-state index contributed by atoms with van der Waals surface area (Å²) in [5.41, 5.74) is 1.56. The van der Waals surface area contributed by atoms with Crippen molar-refractivity contribution in [1.29, 1.82) is 0 Å². The van der Waals surface area contributed by atoms with Gasteiger partial charge in [0.2, 0.25) is 0 Å². The fourth-order valence-electron chi connectivity index (χ4n) is 2.13. The second-order valence-electron chi connectivity index (χ2n) is 5.64. The Kier molecular flexibility index (Phi) is 5.54. The molecule has 2 aromatic rings. The van der Waals surface area contributed by atoms with E-state index in [0.29, 0.717) is 16.8 Å². The molecule has 0 aromatic heterocycles. The molecule has 0 saturated heterocycles. The maximum Gasteiger partial charge on any atom is 0.342 e. The predicted molar refractivity (Wildman–Crippen MR) is 92.8 cm³/mol. The van der Waals surface area contributed by atoms with Gasteiger partial charge in [-0.15, -0.1) is 0 Å². The number of carbonyl (C=O) groups is 3. The molecule has 0 bridgehead atoms. The van der Waals surface area contributed by atoms with Gasteiger partial charge in [0.15, 0.2) is 11.9 Å². The first-order valence-corrected chi connectivity index (χ1v) is 7.71. The number of nitrogens with one attached hydrogen (secondary N) is 1. The van der Waals surface area contributed by atoms with Crippen molar-refractivity contribution in [2.24, 2.45) is 0 Å². The van der Waals surface area contributed by atoms with Gasteiger partial charge in [0, 0.05) is 11.3 Å². The van der Waals surface area contributed by atoms with E-state index in [1.165, 1.54) is 19.9 Å². The highest BCUT2D eigenvalue weighted by Crippen LogP contribution is 2.22. The number of ketones is 1. The standard InChI is InChI=1S/C19H19NO5/c1-11-5-4-6-16(17(11)22)19(24)25-13(3)18(23)20-15-9-7-14(8-10-15)12(2)21/h4-10,13,22H,1-3H3,(H,20,23)/t13-/m0/s1.